The van der Waals surface area contributed by atoms with E-state index in [1.165, 1.54) is 5.69 Å². The molecule has 0 aromatic carbocycles. The third-order valence-corrected chi connectivity index (χ3v) is 6.74. The summed E-state index contributed by atoms with van der Waals surface area (Å²) >= 11 is 6.49. The van der Waals surface area contributed by atoms with E-state index in [1.807, 2.05) is 12.3 Å². The summed E-state index contributed by atoms with van der Waals surface area (Å²) in [6.45, 7) is 6.58. The zero-order valence-corrected chi connectivity index (χ0v) is 20.0. The van der Waals surface area contributed by atoms with E-state index < -0.39 is 0 Å². The molecule has 0 radical (unpaired) electrons. The second kappa shape index (κ2) is 9.89. The number of rotatable bonds is 8. The number of carbonyl (C=O) groups is 1. The first kappa shape index (κ1) is 23.2. The van der Waals surface area contributed by atoms with E-state index in [9.17, 15) is 4.79 Å². The minimum atomic E-state index is -0.0188. The maximum atomic E-state index is 12.7. The second-order valence-corrected chi connectivity index (χ2v) is 10.2. The fourth-order valence-corrected chi connectivity index (χ4v) is 5.12. The predicted molar refractivity (Wildman–Crippen MR) is 125 cm³/mol. The first-order valence-electron chi connectivity index (χ1n) is 11.5. The van der Waals surface area contributed by atoms with Crippen molar-refractivity contribution in [1.29, 1.82) is 0 Å². The van der Waals surface area contributed by atoms with Crippen molar-refractivity contribution < 1.29 is 14.3 Å². The highest BCUT2D eigenvalue weighted by Gasteiger charge is 2.32. The molecule has 0 bridgehead atoms. The quantitative estimate of drug-likeness (QED) is 0.576. The summed E-state index contributed by atoms with van der Waals surface area (Å²) in [5, 5.41) is 8.08. The van der Waals surface area contributed by atoms with Crippen LogP contribution in [0.4, 0.5) is 5.82 Å². The van der Waals surface area contributed by atoms with Gasteiger partial charge in [-0.2, -0.15) is 5.10 Å². The average molecular weight is 461 g/mol. The van der Waals surface area contributed by atoms with Crippen LogP contribution in [-0.4, -0.2) is 47.1 Å². The van der Waals surface area contributed by atoms with E-state index in [1.54, 1.807) is 13.3 Å². The minimum Gasteiger partial charge on any atom is -0.382 e. The Bertz CT molecular complexity index is 959. The summed E-state index contributed by atoms with van der Waals surface area (Å²) in [7, 11) is 1.68. The van der Waals surface area contributed by atoms with Crippen LogP contribution in [-0.2, 0) is 27.2 Å². The van der Waals surface area contributed by atoms with Crippen molar-refractivity contribution in [3.8, 4) is 11.1 Å². The van der Waals surface area contributed by atoms with Crippen LogP contribution in [0.2, 0.25) is 5.02 Å². The topological polar surface area (TPSA) is 78.3 Å². The molecule has 8 heteroatoms. The highest BCUT2D eigenvalue weighted by Crippen LogP contribution is 2.39. The molecule has 2 aromatic heterocycles. The van der Waals surface area contributed by atoms with Crippen molar-refractivity contribution in [2.45, 2.75) is 65.0 Å². The smallest absolute Gasteiger partial charge is 0.225 e. The Labute approximate surface area is 194 Å². The normalized spacial score (nSPS) is 22.0. The summed E-state index contributed by atoms with van der Waals surface area (Å²) in [5.74, 6) is 0.828. The summed E-state index contributed by atoms with van der Waals surface area (Å²) in [6, 6.07) is 1.86. The lowest BCUT2D eigenvalue weighted by atomic mass is 9.85. The van der Waals surface area contributed by atoms with Crippen LogP contribution in [0.25, 0.3) is 11.1 Å². The van der Waals surface area contributed by atoms with Gasteiger partial charge in [0.05, 0.1) is 30.5 Å². The third kappa shape index (κ3) is 5.50. The maximum Gasteiger partial charge on any atom is 0.225 e. The molecular weight excluding hydrogens is 428 g/mol. The summed E-state index contributed by atoms with van der Waals surface area (Å²) in [5.41, 5.74) is 3.24. The summed E-state index contributed by atoms with van der Waals surface area (Å²) in [6.07, 6.45) is 9.20. The molecule has 1 N–H and O–H groups in total. The molecule has 3 heterocycles. The van der Waals surface area contributed by atoms with Gasteiger partial charge in [0.2, 0.25) is 5.91 Å². The molecule has 1 aliphatic heterocycles. The SMILES string of the molecule is COCCO[C@H]1CCC[C@H](CC(=O)Nc2cc(-c3cnn4c3CC(C)(C)C4)c(Cl)cn2)C1. The molecule has 0 spiro atoms. The molecule has 32 heavy (non-hydrogen) atoms. The Morgan fingerprint density at radius 1 is 1.28 bits per heavy atom. The van der Waals surface area contributed by atoms with E-state index in [0.717, 1.165) is 49.8 Å². The van der Waals surface area contributed by atoms with Gasteiger partial charge in [0.15, 0.2) is 0 Å². The number of halogens is 1. The van der Waals surface area contributed by atoms with E-state index in [0.29, 0.717) is 36.4 Å². The van der Waals surface area contributed by atoms with Crippen LogP contribution in [0.3, 0.4) is 0 Å². The predicted octanol–water partition coefficient (Wildman–Crippen LogP) is 4.73. The molecule has 4 rings (SSSR count). The van der Waals surface area contributed by atoms with Gasteiger partial charge in [0, 0.05) is 43.1 Å². The van der Waals surface area contributed by atoms with Gasteiger partial charge in [0.1, 0.15) is 5.82 Å². The molecule has 1 fully saturated rings. The Morgan fingerprint density at radius 3 is 2.94 bits per heavy atom. The molecule has 2 aromatic rings. The van der Waals surface area contributed by atoms with Crippen LogP contribution in [0.1, 0.15) is 51.6 Å². The highest BCUT2D eigenvalue weighted by molar-refractivity contribution is 6.33. The number of hydrogen-bond acceptors (Lipinski definition) is 5. The molecule has 0 unspecified atom stereocenters. The average Bonchev–Trinajstić information content (AvgIpc) is 3.25. The van der Waals surface area contributed by atoms with Gasteiger partial charge >= 0.3 is 0 Å². The van der Waals surface area contributed by atoms with Crippen molar-refractivity contribution in [2.24, 2.45) is 11.3 Å². The monoisotopic (exact) mass is 460 g/mol. The van der Waals surface area contributed by atoms with Gasteiger partial charge in [-0.1, -0.05) is 31.9 Å². The first-order valence-corrected chi connectivity index (χ1v) is 11.8. The van der Waals surface area contributed by atoms with Gasteiger partial charge < -0.3 is 14.8 Å². The lowest BCUT2D eigenvalue weighted by molar-refractivity contribution is -0.117. The Hall–Kier alpha value is -1.96. The van der Waals surface area contributed by atoms with Gasteiger partial charge in [-0.25, -0.2) is 4.98 Å². The molecule has 2 aliphatic rings. The Morgan fingerprint density at radius 2 is 2.12 bits per heavy atom. The standard InChI is InChI=1S/C24H33ClN4O3/c1-24(2)12-21-19(13-27-29(21)15-24)18-11-22(26-14-20(18)25)28-23(30)10-16-5-4-6-17(9-16)32-8-7-31-3/h11,13-14,16-17H,4-10,12,15H2,1-3H3,(H,26,28,30)/t16-,17-/m0/s1. The summed E-state index contributed by atoms with van der Waals surface area (Å²) < 4.78 is 13.0. The van der Waals surface area contributed by atoms with E-state index in [-0.39, 0.29) is 17.4 Å². The van der Waals surface area contributed by atoms with Gasteiger partial charge in [-0.05, 0) is 43.1 Å². The number of anilines is 1. The number of methoxy groups -OCH3 is 1. The van der Waals surface area contributed by atoms with Crippen LogP contribution in [0.5, 0.6) is 0 Å². The minimum absolute atomic E-state index is 0.0188. The van der Waals surface area contributed by atoms with Crippen molar-refractivity contribution in [1.82, 2.24) is 14.8 Å². The van der Waals surface area contributed by atoms with Crippen molar-refractivity contribution in [2.75, 3.05) is 25.6 Å². The van der Waals surface area contributed by atoms with Crippen LogP contribution < -0.4 is 5.32 Å². The van der Waals surface area contributed by atoms with Crippen molar-refractivity contribution in [3.05, 3.63) is 29.2 Å². The lowest BCUT2D eigenvalue weighted by Gasteiger charge is -2.28. The Kier molecular flexibility index (Phi) is 7.17. The first-order chi connectivity index (χ1) is 15.3. The van der Waals surface area contributed by atoms with Crippen LogP contribution in [0.15, 0.2) is 18.5 Å². The van der Waals surface area contributed by atoms with Crippen molar-refractivity contribution >= 4 is 23.3 Å². The molecule has 1 aliphatic carbocycles. The number of fused-ring (bicyclic) bond motifs is 1. The zero-order valence-electron chi connectivity index (χ0n) is 19.2. The fraction of sp³-hybridized carbons (Fsp3) is 0.625. The fourth-order valence-electron chi connectivity index (χ4n) is 4.92. The number of nitrogens with one attached hydrogen (secondary N) is 1. The van der Waals surface area contributed by atoms with E-state index in [2.05, 4.69) is 33.9 Å². The van der Waals surface area contributed by atoms with E-state index >= 15 is 0 Å². The molecule has 1 amide bonds. The molecule has 174 valence electrons. The molecule has 1 saturated carbocycles. The largest absolute Gasteiger partial charge is 0.382 e. The Balaban J connectivity index is 1.39. The van der Waals surface area contributed by atoms with Gasteiger partial charge in [-0.15, -0.1) is 0 Å². The maximum absolute atomic E-state index is 12.7. The number of ether oxygens (including phenoxy) is 2. The number of pyridine rings is 1. The zero-order chi connectivity index (χ0) is 22.7. The molecule has 7 nitrogen and oxygen atoms in total. The van der Waals surface area contributed by atoms with Gasteiger partial charge in [0.25, 0.3) is 0 Å². The highest BCUT2D eigenvalue weighted by atomic mass is 35.5. The number of aromatic nitrogens is 3. The van der Waals surface area contributed by atoms with Crippen molar-refractivity contribution in [3.63, 3.8) is 0 Å². The number of amides is 1. The number of carbonyl (C=O) groups excluding carboxylic acids is 1. The molecular formula is C24H33ClN4O3. The summed E-state index contributed by atoms with van der Waals surface area (Å²) in [4.78, 5) is 17.1. The molecule has 0 saturated heterocycles. The molecule has 2 atom stereocenters. The van der Waals surface area contributed by atoms with Crippen LogP contribution in [0, 0.1) is 11.3 Å². The second-order valence-electron chi connectivity index (χ2n) is 9.82. The van der Waals surface area contributed by atoms with Gasteiger partial charge in [-0.3, -0.25) is 9.48 Å². The van der Waals surface area contributed by atoms with Crippen LogP contribution >= 0.6 is 11.6 Å². The number of nitrogens with zero attached hydrogens (tertiary/aromatic N) is 3. The third-order valence-electron chi connectivity index (χ3n) is 6.44. The lowest BCUT2D eigenvalue weighted by Crippen LogP contribution is -2.27. The number of hydrogen-bond donors (Lipinski definition) is 1. The van der Waals surface area contributed by atoms with E-state index in [4.69, 9.17) is 21.1 Å².